The van der Waals surface area contributed by atoms with E-state index in [0.717, 1.165) is 10.5 Å². The monoisotopic (exact) mass is 533 g/mol. The van der Waals surface area contributed by atoms with E-state index in [1.165, 1.54) is 12.1 Å². The Morgan fingerprint density at radius 1 is 1.11 bits per heavy atom. The SMILES string of the molecule is CC(C)(C)c1cc(-c2ccc(F)cc2)nn2cc3[n+](c12)C1(C)CN(C(=O)C(C)(N)C(F)(F)F)CCN1C3=O. The Balaban J connectivity index is 1.68. The summed E-state index contributed by atoms with van der Waals surface area (Å²) in [6, 6.07) is 7.78. The van der Waals surface area contributed by atoms with Crippen LogP contribution in [-0.2, 0) is 15.9 Å². The number of alkyl halides is 3. The van der Waals surface area contributed by atoms with E-state index in [0.29, 0.717) is 29.5 Å². The standard InChI is InChI=1S/C26H29F4N6O2/c1-23(2,3)17-12-18(15-6-8-16(27)9-7-15)32-35-13-19-21(37)34-11-10-33(14-24(34,4)36(19)20(17)35)22(38)25(5,31)26(28,29)30/h6-9,12-13H,10-11,14,31H2,1-5H3/q+1. The van der Waals surface area contributed by atoms with Crippen LogP contribution in [-0.4, -0.2) is 62.6 Å². The lowest BCUT2D eigenvalue weighted by molar-refractivity contribution is -0.749. The molecule has 1 saturated heterocycles. The molecule has 2 atom stereocenters. The molecule has 4 heterocycles. The van der Waals surface area contributed by atoms with E-state index in [1.807, 2.05) is 26.8 Å². The summed E-state index contributed by atoms with van der Waals surface area (Å²) < 4.78 is 57.6. The van der Waals surface area contributed by atoms with Crippen LogP contribution in [0.3, 0.4) is 0 Å². The minimum absolute atomic E-state index is 0.0504. The summed E-state index contributed by atoms with van der Waals surface area (Å²) >= 11 is 0. The Morgan fingerprint density at radius 3 is 2.32 bits per heavy atom. The Bertz CT molecular complexity index is 1470. The van der Waals surface area contributed by atoms with Gasteiger partial charge < -0.3 is 10.6 Å². The first-order valence-electron chi connectivity index (χ1n) is 12.2. The second-order valence-electron chi connectivity index (χ2n) is 11.4. The van der Waals surface area contributed by atoms with E-state index in [1.54, 1.807) is 39.2 Å². The molecule has 2 aromatic heterocycles. The maximum atomic E-state index is 13.6. The summed E-state index contributed by atoms with van der Waals surface area (Å²) in [6.45, 7) is 8.17. The van der Waals surface area contributed by atoms with Crippen molar-refractivity contribution in [1.82, 2.24) is 19.4 Å². The minimum Gasteiger partial charge on any atom is -0.332 e. The highest BCUT2D eigenvalue weighted by Gasteiger charge is 2.61. The van der Waals surface area contributed by atoms with E-state index in [4.69, 9.17) is 10.8 Å². The number of rotatable bonds is 2. The molecule has 0 radical (unpaired) electrons. The molecule has 2 N–H and O–H groups in total. The van der Waals surface area contributed by atoms with Gasteiger partial charge in [-0.1, -0.05) is 30.4 Å². The molecule has 3 aromatic rings. The van der Waals surface area contributed by atoms with E-state index < -0.39 is 28.7 Å². The van der Waals surface area contributed by atoms with Crippen molar-refractivity contribution >= 4 is 17.5 Å². The van der Waals surface area contributed by atoms with Crippen molar-refractivity contribution in [3.05, 3.63) is 53.6 Å². The van der Waals surface area contributed by atoms with E-state index in [-0.39, 0.29) is 31.4 Å². The number of carbonyl (C=O) groups is 2. The molecular formula is C26H29F4N6O2+. The van der Waals surface area contributed by atoms with Crippen LogP contribution in [0.1, 0.15) is 50.7 Å². The maximum Gasteiger partial charge on any atom is 0.415 e. The number of imidazole rings is 1. The molecule has 2 amide bonds. The van der Waals surface area contributed by atoms with Gasteiger partial charge in [-0.25, -0.2) is 4.39 Å². The zero-order chi connectivity index (χ0) is 28.0. The average Bonchev–Trinajstić information content (AvgIpc) is 3.30. The molecule has 12 heteroatoms. The quantitative estimate of drug-likeness (QED) is 0.405. The van der Waals surface area contributed by atoms with Crippen molar-refractivity contribution in [2.75, 3.05) is 19.6 Å². The highest BCUT2D eigenvalue weighted by Crippen LogP contribution is 2.37. The number of benzene rings is 1. The number of nitrogens with zero attached hydrogens (tertiary/aromatic N) is 5. The van der Waals surface area contributed by atoms with Gasteiger partial charge >= 0.3 is 17.7 Å². The van der Waals surface area contributed by atoms with Crippen molar-refractivity contribution in [3.63, 3.8) is 0 Å². The fourth-order valence-corrected chi connectivity index (χ4v) is 5.33. The van der Waals surface area contributed by atoms with Crippen LogP contribution in [0.5, 0.6) is 0 Å². The lowest BCUT2D eigenvalue weighted by Gasteiger charge is -2.44. The van der Waals surface area contributed by atoms with Gasteiger partial charge in [-0.05, 0) is 42.7 Å². The minimum atomic E-state index is -4.94. The Labute approximate surface area is 216 Å². The zero-order valence-corrected chi connectivity index (χ0v) is 21.7. The van der Waals surface area contributed by atoms with Gasteiger partial charge in [0.2, 0.25) is 11.4 Å². The third-order valence-electron chi connectivity index (χ3n) is 7.53. The predicted molar refractivity (Wildman–Crippen MR) is 129 cm³/mol. The number of fused-ring (bicyclic) bond motifs is 5. The van der Waals surface area contributed by atoms with Crippen LogP contribution in [0.4, 0.5) is 17.6 Å². The number of nitrogens with two attached hydrogens (primary N) is 1. The fourth-order valence-electron chi connectivity index (χ4n) is 5.33. The van der Waals surface area contributed by atoms with Crippen molar-refractivity contribution in [2.45, 2.75) is 57.4 Å². The Hall–Kier alpha value is -3.54. The molecule has 1 aromatic carbocycles. The van der Waals surface area contributed by atoms with Gasteiger partial charge in [-0.3, -0.25) is 14.5 Å². The molecule has 0 spiro atoms. The molecule has 0 saturated carbocycles. The first kappa shape index (κ1) is 26.1. The summed E-state index contributed by atoms with van der Waals surface area (Å²) in [5.41, 5.74) is 3.74. The molecule has 202 valence electrons. The van der Waals surface area contributed by atoms with Crippen molar-refractivity contribution < 1.29 is 31.7 Å². The number of halogens is 4. The first-order valence-corrected chi connectivity index (χ1v) is 12.2. The van der Waals surface area contributed by atoms with Gasteiger partial charge in [0, 0.05) is 25.6 Å². The van der Waals surface area contributed by atoms with Gasteiger partial charge in [0.25, 0.3) is 5.91 Å². The van der Waals surface area contributed by atoms with Gasteiger partial charge in [-0.2, -0.15) is 17.7 Å². The van der Waals surface area contributed by atoms with Crippen molar-refractivity contribution in [1.29, 1.82) is 0 Å². The number of amides is 2. The molecule has 1 fully saturated rings. The average molecular weight is 534 g/mol. The molecule has 38 heavy (non-hydrogen) atoms. The molecule has 2 aliphatic heterocycles. The number of hydrogen-bond acceptors (Lipinski definition) is 4. The predicted octanol–water partition coefficient (Wildman–Crippen LogP) is 2.98. The van der Waals surface area contributed by atoms with Crippen LogP contribution < -0.4 is 10.3 Å². The van der Waals surface area contributed by atoms with Gasteiger partial charge in [0.1, 0.15) is 11.5 Å². The van der Waals surface area contributed by atoms with Crippen molar-refractivity contribution in [2.24, 2.45) is 5.73 Å². The van der Waals surface area contributed by atoms with Gasteiger partial charge in [-0.15, -0.1) is 0 Å². The van der Waals surface area contributed by atoms with Crippen LogP contribution in [0.2, 0.25) is 0 Å². The normalized spacial score (nSPS) is 21.5. The molecule has 2 unspecified atom stereocenters. The van der Waals surface area contributed by atoms with Gasteiger partial charge in [0.15, 0.2) is 11.7 Å². The third kappa shape index (κ3) is 3.68. The lowest BCUT2D eigenvalue weighted by Crippen LogP contribution is -2.72. The Morgan fingerprint density at radius 2 is 1.74 bits per heavy atom. The lowest BCUT2D eigenvalue weighted by atomic mass is 9.87. The third-order valence-corrected chi connectivity index (χ3v) is 7.53. The van der Waals surface area contributed by atoms with E-state index in [2.05, 4.69) is 0 Å². The molecule has 5 rings (SSSR count). The molecule has 0 bridgehead atoms. The largest absolute Gasteiger partial charge is 0.415 e. The van der Waals surface area contributed by atoms with E-state index in [9.17, 15) is 27.2 Å². The van der Waals surface area contributed by atoms with Crippen LogP contribution in [0.15, 0.2) is 36.5 Å². The summed E-state index contributed by atoms with van der Waals surface area (Å²) in [5, 5.41) is 4.69. The number of carbonyl (C=O) groups excluding carboxylic acids is 2. The highest BCUT2D eigenvalue weighted by molar-refractivity contribution is 5.93. The Kier molecular flexibility index (Phi) is 5.48. The van der Waals surface area contributed by atoms with Crippen LogP contribution >= 0.6 is 0 Å². The molecular weight excluding hydrogens is 504 g/mol. The smallest absolute Gasteiger partial charge is 0.332 e. The zero-order valence-electron chi connectivity index (χ0n) is 21.7. The summed E-state index contributed by atoms with van der Waals surface area (Å²) in [7, 11) is 0. The number of hydrogen-bond donors (Lipinski definition) is 1. The second-order valence-corrected chi connectivity index (χ2v) is 11.4. The molecule has 0 aliphatic carbocycles. The van der Waals surface area contributed by atoms with Crippen LogP contribution in [0, 0.1) is 5.82 Å². The topological polar surface area (TPSA) is 87.8 Å². The first-order chi connectivity index (χ1) is 17.5. The summed E-state index contributed by atoms with van der Waals surface area (Å²) in [4.78, 5) is 29.1. The summed E-state index contributed by atoms with van der Waals surface area (Å²) in [6.07, 6.45) is -3.34. The molecule has 8 nitrogen and oxygen atoms in total. The fraction of sp³-hybridized carbons (Fsp3) is 0.462. The summed E-state index contributed by atoms with van der Waals surface area (Å²) in [5.74, 6) is -1.93. The highest BCUT2D eigenvalue weighted by atomic mass is 19.4. The van der Waals surface area contributed by atoms with Gasteiger partial charge in [0.05, 0.1) is 12.1 Å². The second kappa shape index (κ2) is 7.98. The van der Waals surface area contributed by atoms with E-state index >= 15 is 0 Å². The maximum absolute atomic E-state index is 13.6. The molecule has 2 aliphatic rings. The number of aromatic nitrogens is 3. The van der Waals surface area contributed by atoms with Crippen LogP contribution in [0.25, 0.3) is 16.9 Å². The van der Waals surface area contributed by atoms with Crippen molar-refractivity contribution in [3.8, 4) is 11.3 Å². The number of piperazine rings is 1.